The largest absolute Gasteiger partial charge is 0.497 e. The number of hydrogen-bond donors (Lipinski definition) is 1. The lowest BCUT2D eigenvalue weighted by Crippen LogP contribution is -2.22. The fourth-order valence-corrected chi connectivity index (χ4v) is 3.24. The van der Waals surface area contributed by atoms with Crippen LogP contribution in [0.15, 0.2) is 47.4 Å². The first kappa shape index (κ1) is 20.0. The zero-order valence-electron chi connectivity index (χ0n) is 14.5. The molecule has 26 heavy (non-hydrogen) atoms. The van der Waals surface area contributed by atoms with Crippen molar-refractivity contribution < 1.29 is 22.7 Å². The van der Waals surface area contributed by atoms with Gasteiger partial charge in [-0.05, 0) is 30.3 Å². The van der Waals surface area contributed by atoms with Gasteiger partial charge in [0.05, 0.1) is 17.0 Å². The summed E-state index contributed by atoms with van der Waals surface area (Å²) in [4.78, 5) is 12.0. The highest BCUT2D eigenvalue weighted by Gasteiger charge is 2.19. The first-order valence-corrected chi connectivity index (χ1v) is 9.34. The molecule has 1 amide bonds. The van der Waals surface area contributed by atoms with Gasteiger partial charge >= 0.3 is 0 Å². The molecule has 2 aromatic rings. The van der Waals surface area contributed by atoms with E-state index in [0.29, 0.717) is 11.4 Å². The van der Waals surface area contributed by atoms with E-state index < -0.39 is 10.0 Å². The van der Waals surface area contributed by atoms with Gasteiger partial charge in [-0.1, -0.05) is 17.7 Å². The predicted molar refractivity (Wildman–Crippen MR) is 99.4 cm³/mol. The second-order valence-electron chi connectivity index (χ2n) is 5.45. The van der Waals surface area contributed by atoms with Crippen molar-refractivity contribution in [3.05, 3.63) is 47.5 Å². The van der Waals surface area contributed by atoms with Crippen molar-refractivity contribution in [3.63, 3.8) is 0 Å². The summed E-state index contributed by atoms with van der Waals surface area (Å²) < 4.78 is 35.7. The minimum Gasteiger partial charge on any atom is -0.497 e. The fourth-order valence-electron chi connectivity index (χ4n) is 2.01. The van der Waals surface area contributed by atoms with Crippen LogP contribution in [0.2, 0.25) is 5.02 Å². The molecule has 0 atom stereocenters. The van der Waals surface area contributed by atoms with Crippen LogP contribution in [0, 0.1) is 0 Å². The van der Waals surface area contributed by atoms with Gasteiger partial charge < -0.3 is 14.8 Å². The van der Waals surface area contributed by atoms with Crippen molar-refractivity contribution in [3.8, 4) is 11.5 Å². The summed E-state index contributed by atoms with van der Waals surface area (Å²) >= 11 is 6.07. The van der Waals surface area contributed by atoms with Crippen molar-refractivity contribution in [2.24, 2.45) is 0 Å². The lowest BCUT2D eigenvalue weighted by molar-refractivity contribution is -0.118. The molecule has 0 heterocycles. The van der Waals surface area contributed by atoms with Crippen LogP contribution >= 0.6 is 11.6 Å². The Morgan fingerprint density at radius 3 is 2.54 bits per heavy atom. The number of carbonyl (C=O) groups is 1. The van der Waals surface area contributed by atoms with Gasteiger partial charge in [0.25, 0.3) is 5.91 Å². The maximum Gasteiger partial charge on any atom is 0.262 e. The molecule has 0 aliphatic rings. The summed E-state index contributed by atoms with van der Waals surface area (Å²) in [6.45, 7) is -0.281. The van der Waals surface area contributed by atoms with Crippen LogP contribution in [0.3, 0.4) is 0 Å². The lowest BCUT2D eigenvalue weighted by atomic mass is 10.3. The van der Waals surface area contributed by atoms with Gasteiger partial charge in [0, 0.05) is 25.8 Å². The molecule has 2 aromatic carbocycles. The van der Waals surface area contributed by atoms with E-state index in [1.54, 1.807) is 24.3 Å². The highest BCUT2D eigenvalue weighted by molar-refractivity contribution is 7.89. The van der Waals surface area contributed by atoms with Crippen molar-refractivity contribution in [1.82, 2.24) is 4.31 Å². The number of methoxy groups -OCH3 is 1. The number of anilines is 1. The van der Waals surface area contributed by atoms with Crippen molar-refractivity contribution >= 4 is 33.2 Å². The topological polar surface area (TPSA) is 84.9 Å². The number of nitrogens with zero attached hydrogens (tertiary/aromatic N) is 1. The van der Waals surface area contributed by atoms with Crippen molar-refractivity contribution in [1.29, 1.82) is 0 Å². The summed E-state index contributed by atoms with van der Waals surface area (Å²) in [6.07, 6.45) is 0. The molecular weight excluding hydrogens is 380 g/mol. The first-order valence-electron chi connectivity index (χ1n) is 7.53. The van der Waals surface area contributed by atoms with Gasteiger partial charge in [0.1, 0.15) is 11.5 Å². The third-order valence-electron chi connectivity index (χ3n) is 3.39. The van der Waals surface area contributed by atoms with Crippen molar-refractivity contribution in [2.45, 2.75) is 4.90 Å². The number of rotatable bonds is 7. The molecule has 0 aliphatic heterocycles. The van der Waals surface area contributed by atoms with Crippen LogP contribution in [0.1, 0.15) is 0 Å². The molecule has 0 aromatic heterocycles. The average Bonchev–Trinajstić information content (AvgIpc) is 2.60. The van der Waals surface area contributed by atoms with Gasteiger partial charge in [-0.25, -0.2) is 12.7 Å². The second kappa shape index (κ2) is 8.39. The number of sulfonamides is 1. The number of halogens is 1. The number of ether oxygens (including phenoxy) is 2. The Kier molecular flexibility index (Phi) is 6.47. The molecule has 1 N–H and O–H groups in total. The molecule has 0 radical (unpaired) electrons. The number of hydrogen-bond acceptors (Lipinski definition) is 5. The minimum absolute atomic E-state index is 0.0423. The number of benzene rings is 2. The van der Waals surface area contributed by atoms with Gasteiger partial charge in [-0.2, -0.15) is 0 Å². The van der Waals surface area contributed by atoms with E-state index in [1.165, 1.54) is 39.4 Å². The Balaban J connectivity index is 2.02. The second-order valence-corrected chi connectivity index (χ2v) is 8.01. The predicted octanol–water partition coefficient (Wildman–Crippen LogP) is 2.62. The monoisotopic (exact) mass is 398 g/mol. The molecule has 9 heteroatoms. The van der Waals surface area contributed by atoms with Crippen LogP contribution in [0.25, 0.3) is 0 Å². The number of amides is 1. The fraction of sp³-hybridized carbons (Fsp3) is 0.235. The Hall–Kier alpha value is -2.29. The molecule has 0 fully saturated rings. The zero-order chi connectivity index (χ0) is 19.3. The van der Waals surface area contributed by atoms with Gasteiger partial charge in [-0.15, -0.1) is 0 Å². The molecule has 0 unspecified atom stereocenters. The highest BCUT2D eigenvalue weighted by atomic mass is 35.5. The molecule has 0 saturated heterocycles. The Morgan fingerprint density at radius 2 is 1.92 bits per heavy atom. The third-order valence-corrected chi connectivity index (χ3v) is 5.50. The number of carbonyl (C=O) groups excluding carboxylic acids is 1. The van der Waals surface area contributed by atoms with Gasteiger partial charge in [-0.3, -0.25) is 4.79 Å². The SMILES string of the molecule is COc1cccc(NC(=O)COc2ccc(S(=O)(=O)N(C)C)cc2Cl)c1. The summed E-state index contributed by atoms with van der Waals surface area (Å²) in [5, 5.41) is 2.77. The molecule has 0 aliphatic carbocycles. The van der Waals surface area contributed by atoms with Crippen molar-refractivity contribution in [2.75, 3.05) is 33.1 Å². The average molecular weight is 399 g/mol. The van der Waals surface area contributed by atoms with E-state index in [4.69, 9.17) is 21.1 Å². The van der Waals surface area contributed by atoms with Crippen LogP contribution in [0.4, 0.5) is 5.69 Å². The number of nitrogens with one attached hydrogen (secondary N) is 1. The highest BCUT2D eigenvalue weighted by Crippen LogP contribution is 2.28. The molecule has 7 nitrogen and oxygen atoms in total. The Bertz CT molecular complexity index is 900. The van der Waals surface area contributed by atoms with E-state index in [-0.39, 0.29) is 28.2 Å². The van der Waals surface area contributed by atoms with Crippen LogP contribution in [-0.4, -0.2) is 46.4 Å². The quantitative estimate of drug-likeness (QED) is 0.774. The van der Waals surface area contributed by atoms with E-state index in [1.807, 2.05) is 0 Å². The first-order chi connectivity index (χ1) is 12.2. The normalized spacial score (nSPS) is 11.3. The third kappa shape index (κ3) is 4.87. The molecule has 0 saturated carbocycles. The summed E-state index contributed by atoms with van der Waals surface area (Å²) in [5.41, 5.74) is 0.566. The lowest BCUT2D eigenvalue weighted by Gasteiger charge is -2.13. The Labute approximate surface area is 157 Å². The maximum atomic E-state index is 12.1. The van der Waals surface area contributed by atoms with E-state index in [2.05, 4.69) is 5.32 Å². The Morgan fingerprint density at radius 1 is 1.19 bits per heavy atom. The van der Waals surface area contributed by atoms with E-state index in [9.17, 15) is 13.2 Å². The van der Waals surface area contributed by atoms with E-state index >= 15 is 0 Å². The molecule has 140 valence electrons. The smallest absolute Gasteiger partial charge is 0.262 e. The van der Waals surface area contributed by atoms with Gasteiger partial charge in [0.2, 0.25) is 10.0 Å². The minimum atomic E-state index is -3.59. The summed E-state index contributed by atoms with van der Waals surface area (Å²) in [5.74, 6) is 0.439. The summed E-state index contributed by atoms with van der Waals surface area (Å²) in [6, 6.07) is 11.0. The van der Waals surface area contributed by atoms with E-state index in [0.717, 1.165) is 4.31 Å². The molecule has 0 bridgehead atoms. The molecular formula is C17H19ClN2O5S. The molecule has 0 spiro atoms. The standard InChI is InChI=1S/C17H19ClN2O5S/c1-20(2)26(22,23)14-7-8-16(15(18)10-14)25-11-17(21)19-12-5-4-6-13(9-12)24-3/h4-10H,11H2,1-3H3,(H,19,21). The summed E-state index contributed by atoms with van der Waals surface area (Å²) in [7, 11) is 0.796. The maximum absolute atomic E-state index is 12.1. The van der Waals surface area contributed by atoms with Crippen LogP contribution in [0.5, 0.6) is 11.5 Å². The van der Waals surface area contributed by atoms with Gasteiger partial charge in [0.15, 0.2) is 6.61 Å². The molecule has 2 rings (SSSR count). The van der Waals surface area contributed by atoms with Crippen LogP contribution in [-0.2, 0) is 14.8 Å². The van der Waals surface area contributed by atoms with Crippen LogP contribution < -0.4 is 14.8 Å². The zero-order valence-corrected chi connectivity index (χ0v) is 16.1.